The van der Waals surface area contributed by atoms with Gasteiger partial charge in [-0.2, -0.15) is 0 Å². The molecule has 0 atom stereocenters. The number of fused-ring (bicyclic) bond motifs is 1. The average molecular weight is 520 g/mol. The molecule has 3 aromatic heterocycles. The molecule has 0 unspecified atom stereocenters. The second kappa shape index (κ2) is 10.2. The molecule has 1 aromatic carbocycles. The van der Waals surface area contributed by atoms with Crippen LogP contribution in [0.3, 0.4) is 0 Å². The van der Waals surface area contributed by atoms with Crippen LogP contribution in [-0.2, 0) is 0 Å². The van der Waals surface area contributed by atoms with E-state index in [1.807, 2.05) is 45.0 Å². The van der Waals surface area contributed by atoms with Crippen molar-refractivity contribution in [3.05, 3.63) is 63.6 Å². The van der Waals surface area contributed by atoms with Gasteiger partial charge in [-0.25, -0.2) is 9.97 Å². The number of amides is 1. The fourth-order valence-electron chi connectivity index (χ4n) is 2.87. The van der Waals surface area contributed by atoms with Crippen LogP contribution in [0.4, 0.5) is 5.13 Å². The van der Waals surface area contributed by atoms with Crippen LogP contribution in [0, 0.1) is 6.92 Å². The number of methoxy groups -OCH3 is 1. The molecule has 0 bridgehead atoms. The molecule has 1 N–H and O–H groups in total. The maximum absolute atomic E-state index is 13.1. The third-order valence-electron chi connectivity index (χ3n) is 4.20. The van der Waals surface area contributed by atoms with Gasteiger partial charge in [0.05, 0.1) is 29.1 Å². The summed E-state index contributed by atoms with van der Waals surface area (Å²) in [6.07, 6.45) is 3.07. The van der Waals surface area contributed by atoms with Crippen molar-refractivity contribution >= 4 is 60.1 Å². The molecule has 0 aliphatic carbocycles. The van der Waals surface area contributed by atoms with Gasteiger partial charge in [0.2, 0.25) is 0 Å². The number of anilines is 1. The number of rotatable bonds is 4. The topological polar surface area (TPSA) is 77.0 Å². The van der Waals surface area contributed by atoms with Gasteiger partial charge in [0.15, 0.2) is 5.13 Å². The van der Waals surface area contributed by atoms with Gasteiger partial charge in [-0.1, -0.05) is 52.7 Å². The van der Waals surface area contributed by atoms with Crippen LogP contribution >= 0.6 is 38.9 Å². The second-order valence-electron chi connectivity index (χ2n) is 6.16. The Bertz CT molecular complexity index is 1250. The lowest BCUT2D eigenvalue weighted by molar-refractivity contribution is 0.102. The molecule has 0 radical (unpaired) electrons. The summed E-state index contributed by atoms with van der Waals surface area (Å²) in [6.45, 7) is 5.85. The molecule has 4 aromatic rings. The van der Waals surface area contributed by atoms with E-state index in [1.54, 1.807) is 13.2 Å². The maximum Gasteiger partial charge on any atom is 0.259 e. The minimum Gasteiger partial charge on any atom is -0.494 e. The Morgan fingerprint density at radius 3 is 2.65 bits per heavy atom. The summed E-state index contributed by atoms with van der Waals surface area (Å²) in [5.41, 5.74) is 3.28. The van der Waals surface area contributed by atoms with E-state index >= 15 is 0 Å². The molecule has 0 saturated heterocycles. The van der Waals surface area contributed by atoms with Crippen molar-refractivity contribution in [1.82, 2.24) is 15.0 Å². The van der Waals surface area contributed by atoms with Gasteiger partial charge in [0.25, 0.3) is 5.91 Å². The van der Waals surface area contributed by atoms with E-state index in [-0.39, 0.29) is 5.91 Å². The molecule has 9 heteroatoms. The molecule has 6 nitrogen and oxygen atoms in total. The van der Waals surface area contributed by atoms with E-state index in [0.717, 1.165) is 20.4 Å². The lowest BCUT2D eigenvalue weighted by Gasteiger charge is -2.13. The predicted molar refractivity (Wildman–Crippen MR) is 130 cm³/mol. The molecule has 0 spiro atoms. The maximum atomic E-state index is 13.1. The van der Waals surface area contributed by atoms with Crippen molar-refractivity contribution in [3.8, 4) is 16.9 Å². The molecule has 3 heterocycles. The van der Waals surface area contributed by atoms with Crippen molar-refractivity contribution in [1.29, 1.82) is 0 Å². The minimum absolute atomic E-state index is 0.304. The highest BCUT2D eigenvalue weighted by atomic mass is 79.9. The van der Waals surface area contributed by atoms with Gasteiger partial charge >= 0.3 is 0 Å². The van der Waals surface area contributed by atoms with Crippen molar-refractivity contribution in [2.45, 2.75) is 20.8 Å². The summed E-state index contributed by atoms with van der Waals surface area (Å²) < 4.78 is 7.34. The number of hydrogen-bond acceptors (Lipinski definition) is 6. The number of aryl methyl sites for hydroxylation is 1. The highest BCUT2D eigenvalue weighted by Crippen LogP contribution is 2.35. The minimum atomic E-state index is -0.319. The van der Waals surface area contributed by atoms with Crippen LogP contribution in [0.5, 0.6) is 5.75 Å². The summed E-state index contributed by atoms with van der Waals surface area (Å²) in [7, 11) is 1.54. The number of ether oxygens (including phenoxy) is 1. The first kappa shape index (κ1) is 23.1. The van der Waals surface area contributed by atoms with Gasteiger partial charge in [0, 0.05) is 27.5 Å². The number of hydrogen-bond donors (Lipinski definition) is 1. The number of halogens is 2. The first-order chi connectivity index (χ1) is 14.9. The Morgan fingerprint density at radius 1 is 1.13 bits per heavy atom. The molecule has 1 amide bonds. The molecule has 4 rings (SSSR count). The molecule has 0 aliphatic rings. The van der Waals surface area contributed by atoms with Gasteiger partial charge in [-0.15, -0.1) is 0 Å². The van der Waals surface area contributed by atoms with Crippen LogP contribution in [0.1, 0.15) is 29.9 Å². The number of carbonyl (C=O) groups is 1. The van der Waals surface area contributed by atoms with E-state index in [9.17, 15) is 4.79 Å². The smallest absolute Gasteiger partial charge is 0.259 e. The fraction of sp³-hybridized carbons (Fsp3) is 0.182. The summed E-state index contributed by atoms with van der Waals surface area (Å²) in [6, 6.07) is 9.26. The zero-order valence-corrected chi connectivity index (χ0v) is 20.5. The first-order valence-electron chi connectivity index (χ1n) is 9.48. The third-order valence-corrected chi connectivity index (χ3v) is 5.83. The lowest BCUT2D eigenvalue weighted by Crippen LogP contribution is -2.14. The highest BCUT2D eigenvalue weighted by Gasteiger charge is 2.19. The number of carbonyl (C=O) groups excluding carboxylic acids is 1. The Balaban J connectivity index is 0.00000132. The average Bonchev–Trinajstić information content (AvgIpc) is 3.16. The number of aromatic nitrogens is 3. The standard InChI is InChI=1S/C20H14BrClN4O2S.C2H6/c1-10-5-12(13-7-18(22)24-9-16(13)28-2)14(8-23-10)19(27)26-20-25-15-4-3-11(21)6-17(15)29-20;1-2/h3-9H,1-2H3,(H,25,26,27);1-2H3. The number of nitrogens with zero attached hydrogens (tertiary/aromatic N) is 3. The zero-order valence-electron chi connectivity index (χ0n) is 17.4. The van der Waals surface area contributed by atoms with Gasteiger partial charge in [0.1, 0.15) is 10.9 Å². The van der Waals surface area contributed by atoms with E-state index in [1.165, 1.54) is 23.7 Å². The Kier molecular flexibility index (Phi) is 7.59. The molecular formula is C22H20BrClN4O2S. The molecule has 0 saturated carbocycles. The third kappa shape index (κ3) is 5.20. The quantitative estimate of drug-likeness (QED) is 0.301. The van der Waals surface area contributed by atoms with Gasteiger partial charge in [-0.05, 0) is 37.3 Å². The Hall–Kier alpha value is -2.55. The normalized spacial score (nSPS) is 10.4. The van der Waals surface area contributed by atoms with E-state index in [4.69, 9.17) is 16.3 Å². The number of thiazole rings is 1. The number of benzene rings is 1. The lowest BCUT2D eigenvalue weighted by atomic mass is 10.0. The summed E-state index contributed by atoms with van der Waals surface area (Å²) >= 11 is 10.9. The van der Waals surface area contributed by atoms with Crippen molar-refractivity contribution in [2.75, 3.05) is 12.4 Å². The fourth-order valence-corrected chi connectivity index (χ4v) is 4.44. The Labute approximate surface area is 197 Å². The van der Waals surface area contributed by atoms with Crippen LogP contribution in [0.15, 0.2) is 47.2 Å². The molecular weight excluding hydrogens is 500 g/mol. The van der Waals surface area contributed by atoms with Gasteiger partial charge in [-0.3, -0.25) is 15.1 Å². The van der Waals surface area contributed by atoms with Crippen molar-refractivity contribution < 1.29 is 9.53 Å². The van der Waals surface area contributed by atoms with Gasteiger partial charge < -0.3 is 4.74 Å². The molecule has 0 aliphatic heterocycles. The Morgan fingerprint density at radius 2 is 1.90 bits per heavy atom. The highest BCUT2D eigenvalue weighted by molar-refractivity contribution is 9.10. The van der Waals surface area contributed by atoms with Crippen LogP contribution in [-0.4, -0.2) is 28.0 Å². The first-order valence-corrected chi connectivity index (χ1v) is 11.5. The van der Waals surface area contributed by atoms with Crippen molar-refractivity contribution in [3.63, 3.8) is 0 Å². The predicted octanol–water partition coefficient (Wildman–Crippen LogP) is 6.76. The largest absolute Gasteiger partial charge is 0.494 e. The van der Waals surface area contributed by atoms with E-state index in [2.05, 4.69) is 36.2 Å². The number of nitrogens with one attached hydrogen (secondary N) is 1. The molecule has 160 valence electrons. The summed E-state index contributed by atoms with van der Waals surface area (Å²) in [5.74, 6) is 0.194. The van der Waals surface area contributed by atoms with E-state index in [0.29, 0.717) is 32.7 Å². The van der Waals surface area contributed by atoms with Crippen molar-refractivity contribution in [2.24, 2.45) is 0 Å². The van der Waals surface area contributed by atoms with Crippen LogP contribution in [0.2, 0.25) is 5.15 Å². The molecule has 0 fully saturated rings. The number of pyridine rings is 2. The van der Waals surface area contributed by atoms with Crippen LogP contribution < -0.4 is 10.1 Å². The molecule has 31 heavy (non-hydrogen) atoms. The monoisotopic (exact) mass is 518 g/mol. The summed E-state index contributed by atoms with van der Waals surface area (Å²) in [5, 5.41) is 3.69. The second-order valence-corrected chi connectivity index (χ2v) is 8.50. The summed E-state index contributed by atoms with van der Waals surface area (Å²) in [4.78, 5) is 25.9. The van der Waals surface area contributed by atoms with Crippen LogP contribution in [0.25, 0.3) is 21.3 Å². The zero-order chi connectivity index (χ0) is 22.5. The SMILES string of the molecule is CC.COc1cnc(Cl)cc1-c1cc(C)ncc1C(=O)Nc1nc2ccc(Br)cc2s1. The van der Waals surface area contributed by atoms with E-state index < -0.39 is 0 Å².